The zero-order chi connectivity index (χ0) is 15.1. The van der Waals surface area contributed by atoms with Crippen molar-refractivity contribution in [3.8, 4) is 0 Å². The van der Waals surface area contributed by atoms with Crippen molar-refractivity contribution in [2.75, 3.05) is 20.7 Å². The fourth-order valence-electron chi connectivity index (χ4n) is 2.33. The van der Waals surface area contributed by atoms with Crippen molar-refractivity contribution in [2.45, 2.75) is 25.0 Å². The second-order valence-electron chi connectivity index (χ2n) is 5.01. The summed E-state index contributed by atoms with van der Waals surface area (Å²) < 4.78 is 18.4. The summed E-state index contributed by atoms with van der Waals surface area (Å²) in [6, 6.07) is 6.77. The number of nitrogens with zero attached hydrogens (tertiary/aromatic N) is 1. The number of benzene rings is 1. The second kappa shape index (κ2) is 9.78. The normalized spacial score (nSPS) is 16.2. The van der Waals surface area contributed by atoms with E-state index >= 15 is 0 Å². The molecule has 0 bridgehead atoms. The highest BCUT2D eigenvalue weighted by molar-refractivity contribution is 14.0. The summed E-state index contributed by atoms with van der Waals surface area (Å²) in [6.45, 7) is 0.571. The number of methoxy groups -OCH3 is 1. The topological polar surface area (TPSA) is 45.7 Å². The lowest BCUT2D eigenvalue weighted by Gasteiger charge is -2.21. The highest BCUT2D eigenvalue weighted by Gasteiger charge is 2.14. The molecule has 0 aliphatic heterocycles. The molecule has 22 heavy (non-hydrogen) atoms. The fourth-order valence-corrected chi connectivity index (χ4v) is 2.33. The Hall–Kier alpha value is -1.15. The van der Waals surface area contributed by atoms with E-state index in [-0.39, 0.29) is 35.9 Å². The molecule has 0 saturated carbocycles. The number of hydrogen-bond acceptors (Lipinski definition) is 2. The van der Waals surface area contributed by atoms with Gasteiger partial charge in [0.15, 0.2) is 5.96 Å². The maximum atomic E-state index is 13.0. The Kier molecular flexibility index (Phi) is 8.40. The smallest absolute Gasteiger partial charge is 0.191 e. The first kappa shape index (κ1) is 18.9. The van der Waals surface area contributed by atoms with Crippen molar-refractivity contribution < 1.29 is 9.13 Å². The van der Waals surface area contributed by atoms with Gasteiger partial charge in [-0.1, -0.05) is 24.3 Å². The van der Waals surface area contributed by atoms with E-state index < -0.39 is 0 Å². The van der Waals surface area contributed by atoms with Crippen molar-refractivity contribution in [2.24, 2.45) is 4.99 Å². The van der Waals surface area contributed by atoms with E-state index in [4.69, 9.17) is 4.74 Å². The zero-order valence-corrected chi connectivity index (χ0v) is 15.2. The molecule has 1 aromatic rings. The van der Waals surface area contributed by atoms with Crippen LogP contribution in [0, 0.1) is 5.82 Å². The molecule has 2 N–H and O–H groups in total. The van der Waals surface area contributed by atoms with Crippen molar-refractivity contribution in [1.29, 1.82) is 0 Å². The average molecular weight is 419 g/mol. The van der Waals surface area contributed by atoms with Crippen LogP contribution in [0.3, 0.4) is 0 Å². The van der Waals surface area contributed by atoms with Gasteiger partial charge in [-0.25, -0.2) is 4.39 Å². The van der Waals surface area contributed by atoms with E-state index in [0.29, 0.717) is 12.6 Å². The third-order valence-corrected chi connectivity index (χ3v) is 3.55. The Morgan fingerprint density at radius 3 is 2.50 bits per heavy atom. The summed E-state index contributed by atoms with van der Waals surface area (Å²) in [5, 5.41) is 6.62. The molecule has 1 unspecified atom stereocenters. The fraction of sp³-hybridized carbons (Fsp3) is 0.438. The molecule has 1 aliphatic rings. The van der Waals surface area contributed by atoms with Crippen LogP contribution in [-0.2, 0) is 4.74 Å². The number of rotatable bonds is 5. The van der Waals surface area contributed by atoms with E-state index in [1.807, 2.05) is 0 Å². The number of guanidine groups is 1. The molecule has 0 radical (unpaired) electrons. The molecule has 0 heterocycles. The van der Waals surface area contributed by atoms with Crippen molar-refractivity contribution in [1.82, 2.24) is 10.6 Å². The summed E-state index contributed by atoms with van der Waals surface area (Å²) in [6.07, 6.45) is 6.23. The van der Waals surface area contributed by atoms with E-state index in [1.165, 1.54) is 12.1 Å². The van der Waals surface area contributed by atoms with Gasteiger partial charge in [0.1, 0.15) is 5.82 Å². The van der Waals surface area contributed by atoms with Crippen molar-refractivity contribution >= 4 is 29.9 Å². The molecule has 1 aliphatic carbocycles. The lowest BCUT2D eigenvalue weighted by Crippen LogP contribution is -2.44. The largest absolute Gasteiger partial charge is 0.375 e. The molecule has 1 atom stereocenters. The quantitative estimate of drug-likeness (QED) is 0.334. The molecule has 4 nitrogen and oxygen atoms in total. The summed E-state index contributed by atoms with van der Waals surface area (Å²) in [5.41, 5.74) is 0.935. The van der Waals surface area contributed by atoms with Crippen LogP contribution in [0.1, 0.15) is 24.5 Å². The third kappa shape index (κ3) is 5.57. The van der Waals surface area contributed by atoms with Gasteiger partial charge >= 0.3 is 0 Å². The molecule has 2 rings (SSSR count). The molecular formula is C16H23FIN3O. The van der Waals surface area contributed by atoms with Crippen LogP contribution in [0.5, 0.6) is 0 Å². The minimum Gasteiger partial charge on any atom is -0.375 e. The Morgan fingerprint density at radius 2 is 1.95 bits per heavy atom. The van der Waals surface area contributed by atoms with E-state index in [1.54, 1.807) is 26.3 Å². The Balaban J connectivity index is 0.00000242. The van der Waals surface area contributed by atoms with E-state index in [0.717, 1.165) is 24.4 Å². The average Bonchev–Trinajstić information content (AvgIpc) is 3.01. The van der Waals surface area contributed by atoms with Crippen LogP contribution >= 0.6 is 24.0 Å². The van der Waals surface area contributed by atoms with Gasteiger partial charge in [0.25, 0.3) is 0 Å². The molecule has 1 aromatic carbocycles. The molecule has 0 saturated heterocycles. The highest BCUT2D eigenvalue weighted by Crippen LogP contribution is 2.16. The highest BCUT2D eigenvalue weighted by atomic mass is 127. The Bertz CT molecular complexity index is 497. The van der Waals surface area contributed by atoms with E-state index in [9.17, 15) is 4.39 Å². The van der Waals surface area contributed by atoms with Crippen LogP contribution in [-0.4, -0.2) is 32.7 Å². The molecule has 0 aromatic heterocycles. The maximum Gasteiger partial charge on any atom is 0.191 e. The van der Waals surface area contributed by atoms with Gasteiger partial charge < -0.3 is 15.4 Å². The lowest BCUT2D eigenvalue weighted by molar-refractivity contribution is 0.106. The summed E-state index contributed by atoms with van der Waals surface area (Å²) in [7, 11) is 3.39. The SMILES string of the molecule is CN=C(NCC(OC)c1ccc(F)cc1)NC1CC=CC1.I. The molecule has 6 heteroatoms. The van der Waals surface area contributed by atoms with Gasteiger partial charge in [-0.2, -0.15) is 0 Å². The van der Waals surface area contributed by atoms with Crippen molar-refractivity contribution in [3.05, 3.63) is 47.8 Å². The minimum absolute atomic E-state index is 0. The molecule has 0 fully saturated rings. The van der Waals surface area contributed by atoms with Gasteiger partial charge in [0.05, 0.1) is 6.10 Å². The van der Waals surface area contributed by atoms with Gasteiger partial charge in [0.2, 0.25) is 0 Å². The van der Waals surface area contributed by atoms with Gasteiger partial charge in [-0.3, -0.25) is 4.99 Å². The maximum absolute atomic E-state index is 13.0. The third-order valence-electron chi connectivity index (χ3n) is 3.55. The first-order valence-corrected chi connectivity index (χ1v) is 7.13. The van der Waals surface area contributed by atoms with Gasteiger partial charge in [-0.15, -0.1) is 24.0 Å². The predicted octanol–water partition coefficient (Wildman–Crippen LogP) is 3.01. The van der Waals surface area contributed by atoms with Gasteiger partial charge in [-0.05, 0) is 30.5 Å². The number of aliphatic imine (C=N–C) groups is 1. The first-order chi connectivity index (χ1) is 10.2. The van der Waals surface area contributed by atoms with Gasteiger partial charge in [0, 0.05) is 26.7 Å². The van der Waals surface area contributed by atoms with Crippen LogP contribution in [0.2, 0.25) is 0 Å². The van der Waals surface area contributed by atoms with Crippen LogP contribution in [0.4, 0.5) is 4.39 Å². The van der Waals surface area contributed by atoms with Crippen LogP contribution in [0.25, 0.3) is 0 Å². The predicted molar refractivity (Wildman–Crippen MR) is 98.2 cm³/mol. The molecule has 0 spiro atoms. The number of hydrogen-bond donors (Lipinski definition) is 2. The summed E-state index contributed by atoms with van der Waals surface area (Å²) >= 11 is 0. The molecule has 0 amide bonds. The minimum atomic E-state index is -0.243. The standard InChI is InChI=1S/C16H22FN3O.HI/c1-18-16(20-14-5-3-4-6-14)19-11-15(21-2)12-7-9-13(17)10-8-12;/h3-4,7-10,14-15H,5-6,11H2,1-2H3,(H2,18,19,20);1H. The number of ether oxygens (including phenoxy) is 1. The Labute approximate surface area is 148 Å². The van der Waals surface area contributed by atoms with Crippen LogP contribution in [0.15, 0.2) is 41.4 Å². The lowest BCUT2D eigenvalue weighted by atomic mass is 10.1. The summed E-state index contributed by atoms with van der Waals surface area (Å²) in [5.74, 6) is 0.514. The van der Waals surface area contributed by atoms with Crippen LogP contribution < -0.4 is 10.6 Å². The second-order valence-corrected chi connectivity index (χ2v) is 5.01. The molecular weight excluding hydrogens is 396 g/mol. The Morgan fingerprint density at radius 1 is 1.32 bits per heavy atom. The monoisotopic (exact) mass is 419 g/mol. The molecule has 122 valence electrons. The first-order valence-electron chi connectivity index (χ1n) is 7.13. The van der Waals surface area contributed by atoms with Crippen molar-refractivity contribution in [3.63, 3.8) is 0 Å². The summed E-state index contributed by atoms with van der Waals surface area (Å²) in [4.78, 5) is 4.22. The number of nitrogens with one attached hydrogen (secondary N) is 2. The zero-order valence-electron chi connectivity index (χ0n) is 12.9. The number of halogens is 2. The van der Waals surface area contributed by atoms with E-state index in [2.05, 4.69) is 27.8 Å².